The van der Waals surface area contributed by atoms with Crippen LogP contribution >= 0.6 is 0 Å². The fraction of sp³-hybridized carbons (Fsp3) is 0. The Labute approximate surface area is 77.0 Å². The Kier molecular flexibility index (Phi) is 2.26. The molecule has 0 unspecified atom stereocenters. The topological polar surface area (TPSA) is 24.9 Å². The van der Waals surface area contributed by atoms with E-state index in [4.69, 9.17) is 0 Å². The quantitative estimate of drug-likeness (QED) is 0.786. The molecule has 0 saturated heterocycles. The Morgan fingerprint density at radius 3 is 2.67 bits per heavy atom. The molecule has 0 amide bonds. The average Bonchev–Trinajstić information content (AvgIpc) is 2.59. The summed E-state index contributed by atoms with van der Waals surface area (Å²) in [6.45, 7) is 0. The number of benzene rings is 1. The van der Waals surface area contributed by atoms with E-state index in [0.717, 1.165) is 10.4 Å². The molecule has 0 aliphatic rings. The van der Waals surface area contributed by atoms with Crippen molar-refractivity contribution in [2.75, 3.05) is 5.32 Å². The number of aromatic nitrogens is 1. The zero-order chi connectivity index (χ0) is 8.23. The van der Waals surface area contributed by atoms with Gasteiger partial charge in [-0.15, -0.1) is 0 Å². The van der Waals surface area contributed by atoms with Crippen molar-refractivity contribution in [3.63, 3.8) is 0 Å². The number of hydrogen-bond acceptors (Lipinski definition) is 2. The summed E-state index contributed by atoms with van der Waals surface area (Å²) in [5.74, 6) is 0. The van der Waals surface area contributed by atoms with E-state index in [2.05, 4.69) is 15.2 Å². The van der Waals surface area contributed by atoms with Crippen molar-refractivity contribution in [3.8, 4) is 0 Å². The molecular formula is C9H8N2Se. The minimum atomic E-state index is 0.399. The van der Waals surface area contributed by atoms with Gasteiger partial charge in [-0.1, -0.05) is 0 Å². The van der Waals surface area contributed by atoms with Crippen LogP contribution in [0.3, 0.4) is 0 Å². The summed E-state index contributed by atoms with van der Waals surface area (Å²) in [5, 5.41) is 3.26. The minimum absolute atomic E-state index is 0.399. The Hall–Kier alpha value is -1.05. The second-order valence-corrected chi connectivity index (χ2v) is 4.21. The third kappa shape index (κ3) is 1.76. The molecule has 0 saturated carbocycles. The molecule has 0 aliphatic heterocycles. The fourth-order valence-electron chi connectivity index (χ4n) is 0.930. The SMILES string of the molecule is c1ccc(Nc2ncc[se]2)cc1. The molecule has 1 heterocycles. The predicted octanol–water partition coefficient (Wildman–Crippen LogP) is 1.88. The maximum absolute atomic E-state index is 4.18. The van der Waals surface area contributed by atoms with Gasteiger partial charge in [0.15, 0.2) is 0 Å². The van der Waals surface area contributed by atoms with Crippen LogP contribution in [0.15, 0.2) is 41.5 Å². The molecule has 12 heavy (non-hydrogen) atoms. The summed E-state index contributed by atoms with van der Waals surface area (Å²) in [7, 11) is 0. The first-order valence-electron chi connectivity index (χ1n) is 3.67. The predicted molar refractivity (Wildman–Crippen MR) is 50.9 cm³/mol. The van der Waals surface area contributed by atoms with E-state index in [1.165, 1.54) is 0 Å². The van der Waals surface area contributed by atoms with Crippen molar-refractivity contribution >= 4 is 24.9 Å². The van der Waals surface area contributed by atoms with Crippen LogP contribution < -0.4 is 5.32 Å². The molecule has 3 heteroatoms. The van der Waals surface area contributed by atoms with Crippen LogP contribution in [0.5, 0.6) is 0 Å². The Balaban J connectivity index is 2.15. The summed E-state index contributed by atoms with van der Waals surface area (Å²) in [4.78, 5) is 6.28. The van der Waals surface area contributed by atoms with Crippen LogP contribution in [0, 0.1) is 0 Å². The first-order valence-corrected chi connectivity index (χ1v) is 5.51. The molecule has 2 nitrogen and oxygen atoms in total. The van der Waals surface area contributed by atoms with Crippen LogP contribution in [-0.2, 0) is 0 Å². The molecule has 1 aromatic carbocycles. The summed E-state index contributed by atoms with van der Waals surface area (Å²) < 4.78 is 1.08. The number of rotatable bonds is 2. The Morgan fingerprint density at radius 1 is 1.17 bits per heavy atom. The molecule has 60 valence electrons. The summed E-state index contributed by atoms with van der Waals surface area (Å²) in [5.41, 5.74) is 1.11. The molecule has 1 N–H and O–H groups in total. The zero-order valence-corrected chi connectivity index (χ0v) is 8.11. The van der Waals surface area contributed by atoms with Gasteiger partial charge < -0.3 is 0 Å². The van der Waals surface area contributed by atoms with Gasteiger partial charge in [0.05, 0.1) is 0 Å². The zero-order valence-electron chi connectivity index (χ0n) is 6.40. The molecule has 0 spiro atoms. The van der Waals surface area contributed by atoms with Crippen LogP contribution in [-0.4, -0.2) is 19.5 Å². The monoisotopic (exact) mass is 224 g/mol. The van der Waals surface area contributed by atoms with E-state index in [9.17, 15) is 0 Å². The first kappa shape index (κ1) is 7.59. The maximum atomic E-state index is 4.18. The van der Waals surface area contributed by atoms with Gasteiger partial charge >= 0.3 is 76.7 Å². The fourth-order valence-corrected chi connectivity index (χ4v) is 2.08. The second-order valence-electron chi connectivity index (χ2n) is 2.33. The molecule has 0 bridgehead atoms. The number of anilines is 2. The van der Waals surface area contributed by atoms with Crippen LogP contribution in [0.4, 0.5) is 10.4 Å². The number of nitrogens with zero attached hydrogens (tertiary/aromatic N) is 1. The summed E-state index contributed by atoms with van der Waals surface area (Å²) in [6, 6.07) is 10.1. The van der Waals surface area contributed by atoms with Gasteiger partial charge in [-0.25, -0.2) is 0 Å². The second kappa shape index (κ2) is 3.57. The van der Waals surface area contributed by atoms with Crippen molar-refractivity contribution < 1.29 is 0 Å². The molecule has 1 aromatic heterocycles. The van der Waals surface area contributed by atoms with Gasteiger partial charge in [-0.05, 0) is 0 Å². The van der Waals surface area contributed by atoms with Gasteiger partial charge in [0.25, 0.3) is 0 Å². The van der Waals surface area contributed by atoms with E-state index in [0.29, 0.717) is 14.5 Å². The van der Waals surface area contributed by atoms with E-state index in [1.54, 1.807) is 0 Å². The molecule has 0 atom stereocenters. The first-order chi connectivity index (χ1) is 5.95. The normalized spacial score (nSPS) is 9.67. The van der Waals surface area contributed by atoms with Crippen molar-refractivity contribution in [1.29, 1.82) is 0 Å². The third-order valence-electron chi connectivity index (χ3n) is 1.46. The number of nitrogens with one attached hydrogen (secondary N) is 1. The van der Waals surface area contributed by atoms with Crippen molar-refractivity contribution in [2.24, 2.45) is 0 Å². The van der Waals surface area contributed by atoms with Gasteiger partial charge in [0.1, 0.15) is 0 Å². The van der Waals surface area contributed by atoms with E-state index < -0.39 is 0 Å². The van der Waals surface area contributed by atoms with Crippen LogP contribution in [0.1, 0.15) is 0 Å². The molecule has 0 fully saturated rings. The van der Waals surface area contributed by atoms with Gasteiger partial charge in [-0.2, -0.15) is 0 Å². The van der Waals surface area contributed by atoms with E-state index >= 15 is 0 Å². The Morgan fingerprint density at radius 2 is 2.00 bits per heavy atom. The van der Waals surface area contributed by atoms with Crippen molar-refractivity contribution in [2.45, 2.75) is 0 Å². The Bertz CT molecular complexity index is 329. The molecule has 0 radical (unpaired) electrons. The van der Waals surface area contributed by atoms with Crippen molar-refractivity contribution in [3.05, 3.63) is 41.5 Å². The van der Waals surface area contributed by atoms with Gasteiger partial charge in [-0.3, -0.25) is 0 Å². The van der Waals surface area contributed by atoms with E-state index in [-0.39, 0.29) is 0 Å². The summed E-state index contributed by atoms with van der Waals surface area (Å²) in [6.07, 6.45) is 1.85. The number of hydrogen-bond donors (Lipinski definition) is 1. The summed E-state index contributed by atoms with van der Waals surface area (Å²) >= 11 is 0.399. The molecule has 2 rings (SSSR count). The van der Waals surface area contributed by atoms with E-state index in [1.807, 2.05) is 36.5 Å². The molecular weight excluding hydrogens is 215 g/mol. The van der Waals surface area contributed by atoms with Crippen LogP contribution in [0.25, 0.3) is 0 Å². The average molecular weight is 223 g/mol. The van der Waals surface area contributed by atoms with Crippen LogP contribution in [0.2, 0.25) is 0 Å². The molecule has 2 aromatic rings. The van der Waals surface area contributed by atoms with Gasteiger partial charge in [0, 0.05) is 0 Å². The third-order valence-corrected chi connectivity index (χ3v) is 2.90. The van der Waals surface area contributed by atoms with Gasteiger partial charge in [0.2, 0.25) is 0 Å². The molecule has 0 aliphatic carbocycles. The standard InChI is InChI=1S/C9H8N2Se/c1-2-4-8(5-3-1)11-9-10-6-7-12-9/h1-7H,(H,10,11). The van der Waals surface area contributed by atoms with Crippen molar-refractivity contribution in [1.82, 2.24) is 4.98 Å². The number of para-hydroxylation sites is 1.